The highest BCUT2D eigenvalue weighted by Gasteiger charge is 2.32. The van der Waals surface area contributed by atoms with E-state index in [1.165, 1.54) is 79.2 Å². The van der Waals surface area contributed by atoms with Crippen LogP contribution in [0, 0.1) is 0 Å². The van der Waals surface area contributed by atoms with Gasteiger partial charge < -0.3 is 0 Å². The van der Waals surface area contributed by atoms with Crippen molar-refractivity contribution in [3.05, 3.63) is 180 Å². The van der Waals surface area contributed by atoms with Crippen molar-refractivity contribution in [3.63, 3.8) is 0 Å². The lowest BCUT2D eigenvalue weighted by Crippen LogP contribution is -2.74. The highest BCUT2D eigenvalue weighted by Crippen LogP contribution is 2.28. The average Bonchev–Trinajstić information content (AvgIpc) is 3.47. The second-order valence-corrected chi connectivity index (χ2v) is 15.5. The maximum absolute atomic E-state index is 13.0. The molecule has 2 saturated heterocycles. The summed E-state index contributed by atoms with van der Waals surface area (Å²) in [6, 6.07) is 58.0. The van der Waals surface area contributed by atoms with Crippen molar-refractivity contribution in [2.24, 2.45) is 0 Å². The number of nitrogens with zero attached hydrogens (tertiary/aromatic N) is 2. The Morgan fingerprint density at radius 3 is 1.63 bits per heavy atom. The predicted octanol–water partition coefficient (Wildman–Crippen LogP) is 7.89. The normalized spacial score (nSPS) is 16.8. The third-order valence-corrected chi connectivity index (χ3v) is 12.5. The van der Waals surface area contributed by atoms with Gasteiger partial charge in [0.2, 0.25) is 0 Å². The van der Waals surface area contributed by atoms with Gasteiger partial charge in [0.1, 0.15) is 6.15 Å². The Bertz CT molecular complexity index is 2110. The first-order valence-electron chi connectivity index (χ1n) is 19.0. The van der Waals surface area contributed by atoms with Gasteiger partial charge in [0.25, 0.3) is 0 Å². The lowest BCUT2D eigenvalue weighted by molar-refractivity contribution is -0.000324. The largest absolute Gasteiger partial charge is 0.289 e. The number of fused-ring (bicyclic) bond motifs is 3. The van der Waals surface area contributed by atoms with E-state index >= 15 is 0 Å². The highest BCUT2D eigenvalue weighted by atomic mass is 32.1. The molecule has 0 radical (unpaired) electrons. The third kappa shape index (κ3) is 6.89. The van der Waals surface area contributed by atoms with E-state index in [4.69, 9.17) is 0 Å². The fraction of sp³-hybridized carbons (Fsp3) is 0.213. The van der Waals surface area contributed by atoms with Crippen molar-refractivity contribution in [1.29, 1.82) is 0 Å². The second-order valence-electron chi connectivity index (χ2n) is 14.5. The van der Waals surface area contributed by atoms with E-state index in [0.717, 1.165) is 26.7 Å². The van der Waals surface area contributed by atoms with Gasteiger partial charge in [0.15, 0.2) is 5.43 Å². The number of hydrogen-bond donors (Lipinski definition) is 0. The van der Waals surface area contributed by atoms with Gasteiger partial charge in [-0.1, -0.05) is 152 Å². The van der Waals surface area contributed by atoms with Crippen molar-refractivity contribution in [2.45, 2.75) is 44.8 Å². The van der Waals surface area contributed by atoms with Crippen LogP contribution in [0.5, 0.6) is 0 Å². The maximum atomic E-state index is 13.0. The van der Waals surface area contributed by atoms with Crippen LogP contribution in [0.15, 0.2) is 169 Å². The zero-order valence-corrected chi connectivity index (χ0v) is 30.6. The van der Waals surface area contributed by atoms with E-state index in [2.05, 4.69) is 149 Å². The van der Waals surface area contributed by atoms with Gasteiger partial charge in [-0.2, -0.15) is 21.9 Å². The molecule has 0 spiro atoms. The third-order valence-electron chi connectivity index (χ3n) is 11.4. The van der Waals surface area contributed by atoms with Crippen LogP contribution in [0.1, 0.15) is 37.7 Å². The van der Waals surface area contributed by atoms with Crippen molar-refractivity contribution < 1.29 is 0 Å². The van der Waals surface area contributed by atoms with Gasteiger partial charge in [0.05, 0.1) is 6.17 Å². The number of benzene rings is 6. The van der Waals surface area contributed by atoms with Crippen molar-refractivity contribution in [2.75, 3.05) is 19.6 Å². The van der Waals surface area contributed by atoms with Crippen LogP contribution >= 0.6 is 11.3 Å². The van der Waals surface area contributed by atoms with E-state index in [9.17, 15) is 4.79 Å². The molecular formula is C47H46BN2OS-. The molecule has 0 N–H and O–H groups in total. The summed E-state index contributed by atoms with van der Waals surface area (Å²) < 4.78 is 2.17. The molecule has 3 heterocycles. The van der Waals surface area contributed by atoms with Crippen LogP contribution in [0.2, 0.25) is 0 Å². The molecule has 3 nitrogen and oxygen atoms in total. The molecule has 5 heteroatoms. The van der Waals surface area contributed by atoms with Crippen LogP contribution in [-0.2, 0) is 6.54 Å². The summed E-state index contributed by atoms with van der Waals surface area (Å²) in [4.78, 5) is 18.3. The first-order chi connectivity index (χ1) is 25.7. The van der Waals surface area contributed by atoms with E-state index in [1.54, 1.807) is 11.3 Å². The van der Waals surface area contributed by atoms with Crippen molar-refractivity contribution in [3.8, 4) is 0 Å². The molecule has 0 aliphatic carbocycles. The fourth-order valence-electron chi connectivity index (χ4n) is 8.94. The molecule has 52 heavy (non-hydrogen) atoms. The van der Waals surface area contributed by atoms with Gasteiger partial charge >= 0.3 is 0 Å². The van der Waals surface area contributed by atoms with Crippen molar-refractivity contribution >= 4 is 59.5 Å². The van der Waals surface area contributed by atoms with Crippen LogP contribution < -0.4 is 27.3 Å². The van der Waals surface area contributed by atoms with Gasteiger partial charge in [-0.15, -0.1) is 11.3 Å². The lowest BCUT2D eigenvalue weighted by atomic mass is 9.13. The van der Waals surface area contributed by atoms with Gasteiger partial charge in [-0.3, -0.25) is 14.6 Å². The molecule has 0 amide bonds. The minimum absolute atomic E-state index is 0.177. The average molecular weight is 698 g/mol. The minimum Gasteiger partial charge on any atom is -0.289 e. The molecule has 1 atom stereocenters. The maximum Gasteiger partial charge on any atom is 0.195 e. The standard InChI is InChI=1S/C24H20B.C23H26N2OS/c1-5-13-21(14-6-1)25(22-15-7-2-8-16-22,23-17-9-3-10-18-23)24-19-11-4-12-20-24;26-23-18-7-3-4-8-20(18)27-21-11-10-17(15-19(21)23)16-25-14-6-13-24-12-5-1-2-9-22(24)25/h1-20H;3-4,7-8,10-11,15,22H,1-2,5-6,9,12-14,16H2/q-1;. The summed E-state index contributed by atoms with van der Waals surface area (Å²) in [5.74, 6) is 0. The van der Waals surface area contributed by atoms with E-state index in [1.807, 2.05) is 24.3 Å². The SMILES string of the molecule is O=c1c2ccccc2sc2ccc(CN3CCCN4CCCCCC43)cc12.c1ccc([B-](c2ccccc2)(c2ccccc2)c2ccccc2)cc1. The monoisotopic (exact) mass is 697 g/mol. The van der Waals surface area contributed by atoms with Crippen LogP contribution in [0.25, 0.3) is 20.2 Å². The van der Waals surface area contributed by atoms with Crippen LogP contribution in [0.3, 0.4) is 0 Å². The summed E-state index contributed by atoms with van der Waals surface area (Å²) in [6.07, 6.45) is 5.96. The van der Waals surface area contributed by atoms with E-state index in [-0.39, 0.29) is 5.43 Å². The summed E-state index contributed by atoms with van der Waals surface area (Å²) in [6.45, 7) is 4.62. The molecule has 9 rings (SSSR count). The summed E-state index contributed by atoms with van der Waals surface area (Å²) >= 11 is 1.72. The molecule has 0 bridgehead atoms. The quantitative estimate of drug-likeness (QED) is 0.131. The number of hydrogen-bond acceptors (Lipinski definition) is 4. The Morgan fingerprint density at radius 1 is 0.519 bits per heavy atom. The first-order valence-corrected chi connectivity index (χ1v) is 19.8. The first kappa shape index (κ1) is 34.3. The molecule has 6 aromatic carbocycles. The van der Waals surface area contributed by atoms with E-state index in [0.29, 0.717) is 6.17 Å². The molecular weight excluding hydrogens is 651 g/mol. The molecule has 2 fully saturated rings. The molecule has 1 unspecified atom stereocenters. The lowest BCUT2D eigenvalue weighted by Gasteiger charge is -2.44. The minimum atomic E-state index is -1.22. The Hall–Kier alpha value is -4.81. The summed E-state index contributed by atoms with van der Waals surface area (Å²) in [5, 5.41) is 1.73. The van der Waals surface area contributed by atoms with E-state index < -0.39 is 6.15 Å². The Labute approximate surface area is 312 Å². The van der Waals surface area contributed by atoms with Crippen molar-refractivity contribution in [1.82, 2.24) is 9.80 Å². The fourth-order valence-corrected chi connectivity index (χ4v) is 9.99. The zero-order valence-electron chi connectivity index (χ0n) is 29.8. The summed E-state index contributed by atoms with van der Waals surface area (Å²) in [5.41, 5.74) is 6.80. The second kappa shape index (κ2) is 15.8. The Balaban J connectivity index is 0.000000149. The molecule has 7 aromatic rings. The molecule has 2 aliphatic heterocycles. The Kier molecular flexibility index (Phi) is 10.4. The smallest absolute Gasteiger partial charge is 0.195 e. The van der Waals surface area contributed by atoms with Crippen LogP contribution in [-0.4, -0.2) is 41.7 Å². The topological polar surface area (TPSA) is 23.6 Å². The predicted molar refractivity (Wildman–Crippen MR) is 225 cm³/mol. The molecule has 260 valence electrons. The number of rotatable bonds is 6. The molecule has 2 aliphatic rings. The Morgan fingerprint density at radius 2 is 1.04 bits per heavy atom. The van der Waals surface area contributed by atoms with Gasteiger partial charge in [0, 0.05) is 39.8 Å². The summed E-state index contributed by atoms with van der Waals surface area (Å²) in [7, 11) is 0. The van der Waals surface area contributed by atoms with Gasteiger partial charge in [-0.25, -0.2) is 0 Å². The zero-order chi connectivity index (χ0) is 35.2. The molecule has 0 saturated carbocycles. The highest BCUT2D eigenvalue weighted by molar-refractivity contribution is 7.24. The van der Waals surface area contributed by atoms with Gasteiger partial charge in [-0.05, 0) is 55.6 Å². The van der Waals surface area contributed by atoms with Crippen LogP contribution in [0.4, 0.5) is 0 Å². The molecule has 1 aromatic heterocycles.